The Hall–Kier alpha value is -2.96. The van der Waals surface area contributed by atoms with Crippen LogP contribution >= 0.6 is 0 Å². The average Bonchev–Trinajstić information content (AvgIpc) is 3.19. The first-order chi connectivity index (χ1) is 12.1. The highest BCUT2D eigenvalue weighted by Crippen LogP contribution is 2.27. The zero-order valence-electron chi connectivity index (χ0n) is 13.9. The lowest BCUT2D eigenvalue weighted by molar-refractivity contribution is 0.102. The summed E-state index contributed by atoms with van der Waals surface area (Å²) in [5.74, 6) is -0.0657. The number of anilines is 1. The van der Waals surface area contributed by atoms with Gasteiger partial charge in [0.15, 0.2) is 11.5 Å². The molecule has 0 atom stereocenters. The maximum atomic E-state index is 13.2. The summed E-state index contributed by atoms with van der Waals surface area (Å²) in [4.78, 5) is 12.7. The van der Waals surface area contributed by atoms with Gasteiger partial charge in [-0.1, -0.05) is 0 Å². The first kappa shape index (κ1) is 15.6. The normalized spacial score (nSPS) is 13.5. The number of halogens is 1. The molecule has 1 aliphatic carbocycles. The molecule has 1 N–H and O–H groups in total. The van der Waals surface area contributed by atoms with Crippen LogP contribution in [0.3, 0.4) is 0 Å². The Labute approximate surface area is 144 Å². The van der Waals surface area contributed by atoms with E-state index in [4.69, 9.17) is 0 Å². The van der Waals surface area contributed by atoms with Crippen LogP contribution in [-0.2, 0) is 19.9 Å². The van der Waals surface area contributed by atoms with Gasteiger partial charge in [0.2, 0.25) is 0 Å². The summed E-state index contributed by atoms with van der Waals surface area (Å²) < 4.78 is 16.6. The van der Waals surface area contributed by atoms with Crippen molar-refractivity contribution in [2.75, 3.05) is 5.32 Å². The summed E-state index contributed by atoms with van der Waals surface area (Å²) in [6.07, 6.45) is 5.54. The largest absolute Gasteiger partial charge is 0.304 e. The van der Waals surface area contributed by atoms with Crippen LogP contribution in [-0.4, -0.2) is 25.5 Å². The fourth-order valence-electron chi connectivity index (χ4n) is 3.23. The molecule has 0 radical (unpaired) electrons. The minimum Gasteiger partial charge on any atom is -0.304 e. The number of carbonyl (C=O) groups is 1. The molecule has 1 aliphatic rings. The summed E-state index contributed by atoms with van der Waals surface area (Å²) in [5.41, 5.74) is 3.19. The third-order valence-electron chi connectivity index (χ3n) is 4.42. The Bertz CT molecular complexity index is 926. The molecular weight excluding hydrogens is 321 g/mol. The lowest BCUT2D eigenvalue weighted by atomic mass is 9.95. The van der Waals surface area contributed by atoms with Crippen molar-refractivity contribution in [3.63, 3.8) is 0 Å². The number of aryl methyl sites for hydroxylation is 1. The van der Waals surface area contributed by atoms with E-state index in [0.717, 1.165) is 42.6 Å². The number of benzene rings is 1. The number of hydrogen-bond donors (Lipinski definition) is 1. The highest BCUT2D eigenvalue weighted by atomic mass is 19.1. The van der Waals surface area contributed by atoms with Gasteiger partial charge in [-0.25, -0.2) is 9.07 Å². The van der Waals surface area contributed by atoms with E-state index in [1.165, 1.54) is 12.1 Å². The van der Waals surface area contributed by atoms with Gasteiger partial charge in [-0.3, -0.25) is 9.48 Å². The second-order valence-corrected chi connectivity index (χ2v) is 6.20. The number of fused-ring (bicyclic) bond motifs is 1. The van der Waals surface area contributed by atoms with Crippen molar-refractivity contribution >= 4 is 11.7 Å². The van der Waals surface area contributed by atoms with E-state index in [1.54, 1.807) is 40.8 Å². The number of carbonyl (C=O) groups excluding carboxylic acids is 1. The Morgan fingerprint density at radius 3 is 2.60 bits per heavy atom. The topological polar surface area (TPSA) is 64.7 Å². The molecule has 1 aromatic carbocycles. The van der Waals surface area contributed by atoms with Gasteiger partial charge in [0.1, 0.15) is 5.82 Å². The quantitative estimate of drug-likeness (QED) is 0.798. The van der Waals surface area contributed by atoms with E-state index in [0.29, 0.717) is 11.5 Å². The molecule has 25 heavy (non-hydrogen) atoms. The van der Waals surface area contributed by atoms with Gasteiger partial charge in [-0.05, 0) is 49.9 Å². The van der Waals surface area contributed by atoms with E-state index >= 15 is 0 Å². The van der Waals surface area contributed by atoms with Gasteiger partial charge in [0, 0.05) is 30.6 Å². The van der Waals surface area contributed by atoms with Gasteiger partial charge in [-0.15, -0.1) is 0 Å². The molecule has 0 unspecified atom stereocenters. The van der Waals surface area contributed by atoms with E-state index in [2.05, 4.69) is 15.5 Å². The standard InChI is InChI=1S/C18H18FN5O/c1-23-11-10-16(21-23)20-18(25)17-14-4-2-3-5-15(14)24(22-17)13-8-6-12(19)7-9-13/h6-11H,2-5H2,1H3,(H,20,21,25). The molecule has 0 aliphatic heterocycles. The molecular formula is C18H18FN5O. The van der Waals surface area contributed by atoms with Crippen molar-refractivity contribution in [3.05, 3.63) is 59.3 Å². The van der Waals surface area contributed by atoms with Gasteiger partial charge < -0.3 is 5.32 Å². The first-order valence-corrected chi connectivity index (χ1v) is 8.29. The van der Waals surface area contributed by atoms with Crippen LogP contribution in [0.4, 0.5) is 10.2 Å². The van der Waals surface area contributed by atoms with Crippen molar-refractivity contribution < 1.29 is 9.18 Å². The van der Waals surface area contributed by atoms with Crippen LogP contribution in [0.2, 0.25) is 0 Å². The highest BCUT2D eigenvalue weighted by molar-refractivity contribution is 6.03. The molecule has 0 saturated heterocycles. The van der Waals surface area contributed by atoms with Gasteiger partial charge >= 0.3 is 0 Å². The number of nitrogens with zero attached hydrogens (tertiary/aromatic N) is 4. The van der Waals surface area contributed by atoms with Gasteiger partial charge in [0.25, 0.3) is 5.91 Å². The van der Waals surface area contributed by atoms with Crippen molar-refractivity contribution in [1.29, 1.82) is 0 Å². The summed E-state index contributed by atoms with van der Waals surface area (Å²) in [5, 5.41) is 11.5. The third kappa shape index (κ3) is 2.93. The van der Waals surface area contributed by atoms with Crippen LogP contribution in [0, 0.1) is 5.82 Å². The van der Waals surface area contributed by atoms with Gasteiger partial charge in [-0.2, -0.15) is 10.2 Å². The van der Waals surface area contributed by atoms with Crippen LogP contribution < -0.4 is 5.32 Å². The number of rotatable bonds is 3. The van der Waals surface area contributed by atoms with Crippen molar-refractivity contribution in [3.8, 4) is 5.69 Å². The molecule has 3 aromatic rings. The summed E-state index contributed by atoms with van der Waals surface area (Å²) >= 11 is 0. The Kier molecular flexibility index (Phi) is 3.83. The minimum atomic E-state index is -0.294. The summed E-state index contributed by atoms with van der Waals surface area (Å²) in [6, 6.07) is 7.90. The smallest absolute Gasteiger partial charge is 0.277 e. The summed E-state index contributed by atoms with van der Waals surface area (Å²) in [7, 11) is 1.79. The molecule has 1 amide bonds. The van der Waals surface area contributed by atoms with E-state index in [-0.39, 0.29) is 11.7 Å². The second-order valence-electron chi connectivity index (χ2n) is 6.20. The van der Waals surface area contributed by atoms with E-state index < -0.39 is 0 Å². The number of hydrogen-bond acceptors (Lipinski definition) is 3. The highest BCUT2D eigenvalue weighted by Gasteiger charge is 2.26. The van der Waals surface area contributed by atoms with Crippen molar-refractivity contribution in [1.82, 2.24) is 19.6 Å². The predicted octanol–water partition coefficient (Wildman–Crippen LogP) is 2.88. The molecule has 2 heterocycles. The van der Waals surface area contributed by atoms with Crippen LogP contribution in [0.1, 0.15) is 34.6 Å². The van der Waals surface area contributed by atoms with Gasteiger partial charge in [0.05, 0.1) is 5.69 Å². The molecule has 2 aromatic heterocycles. The maximum absolute atomic E-state index is 13.2. The molecule has 128 valence electrons. The third-order valence-corrected chi connectivity index (χ3v) is 4.42. The number of aromatic nitrogens is 4. The Morgan fingerprint density at radius 1 is 1.12 bits per heavy atom. The molecule has 0 bridgehead atoms. The lowest BCUT2D eigenvalue weighted by Gasteiger charge is -2.14. The minimum absolute atomic E-state index is 0.266. The van der Waals surface area contributed by atoms with Crippen molar-refractivity contribution in [2.24, 2.45) is 7.05 Å². The molecule has 0 fully saturated rings. The maximum Gasteiger partial charge on any atom is 0.277 e. The van der Waals surface area contributed by atoms with Crippen LogP contribution in [0.25, 0.3) is 5.69 Å². The SMILES string of the molecule is Cn1ccc(NC(=O)c2nn(-c3ccc(F)cc3)c3c2CCCC3)n1. The van der Waals surface area contributed by atoms with Crippen LogP contribution in [0.5, 0.6) is 0 Å². The first-order valence-electron chi connectivity index (χ1n) is 8.29. The van der Waals surface area contributed by atoms with E-state index in [1.807, 2.05) is 0 Å². The second kappa shape index (κ2) is 6.16. The zero-order valence-corrected chi connectivity index (χ0v) is 13.9. The lowest BCUT2D eigenvalue weighted by Crippen LogP contribution is -2.16. The summed E-state index contributed by atoms with van der Waals surface area (Å²) in [6.45, 7) is 0. The molecule has 6 nitrogen and oxygen atoms in total. The predicted molar refractivity (Wildman–Crippen MR) is 91.3 cm³/mol. The Balaban J connectivity index is 1.72. The fraction of sp³-hybridized carbons (Fsp3) is 0.278. The zero-order chi connectivity index (χ0) is 17.4. The van der Waals surface area contributed by atoms with E-state index in [9.17, 15) is 9.18 Å². The molecule has 0 spiro atoms. The van der Waals surface area contributed by atoms with Crippen LogP contribution in [0.15, 0.2) is 36.5 Å². The van der Waals surface area contributed by atoms with Crippen molar-refractivity contribution in [2.45, 2.75) is 25.7 Å². The number of nitrogens with one attached hydrogen (secondary N) is 1. The molecule has 0 saturated carbocycles. The monoisotopic (exact) mass is 339 g/mol. The molecule has 7 heteroatoms. The number of amides is 1. The Morgan fingerprint density at radius 2 is 1.88 bits per heavy atom. The average molecular weight is 339 g/mol. The molecule has 4 rings (SSSR count). The fourth-order valence-corrected chi connectivity index (χ4v) is 3.23.